The van der Waals surface area contributed by atoms with E-state index in [0.717, 1.165) is 30.5 Å². The van der Waals surface area contributed by atoms with Gasteiger partial charge in [-0.15, -0.1) is 0 Å². The summed E-state index contributed by atoms with van der Waals surface area (Å²) in [5.74, 6) is -0.724. The zero-order valence-corrected chi connectivity index (χ0v) is 12.2. The van der Waals surface area contributed by atoms with Crippen molar-refractivity contribution in [1.82, 2.24) is 4.98 Å². The molecular weight excluding hydrogens is 333 g/mol. The van der Waals surface area contributed by atoms with Crippen molar-refractivity contribution >= 4 is 35.1 Å². The Labute approximate surface area is 133 Å². The highest BCUT2D eigenvalue weighted by Gasteiger charge is 2.30. The van der Waals surface area contributed by atoms with Crippen LogP contribution in [-0.4, -0.2) is 17.1 Å². The second-order valence-electron chi connectivity index (χ2n) is 4.46. The highest BCUT2D eigenvalue weighted by Crippen LogP contribution is 2.30. The number of anilines is 2. The Kier molecular flexibility index (Phi) is 4.55. The molecule has 5 nitrogen and oxygen atoms in total. The molecule has 0 saturated carbocycles. The van der Waals surface area contributed by atoms with Gasteiger partial charge < -0.3 is 16.5 Å². The number of hydrogen-bond donors (Lipinski definition) is 3. The normalized spacial score (nSPS) is 11.1. The van der Waals surface area contributed by atoms with Crippen LogP contribution in [0.2, 0.25) is 5.02 Å². The number of rotatable bonds is 3. The van der Waals surface area contributed by atoms with Crippen LogP contribution in [0, 0.1) is 5.41 Å². The third-order valence-electron chi connectivity index (χ3n) is 2.92. The quantitative estimate of drug-likeness (QED) is 0.744. The Hall–Kier alpha value is -2.61. The number of amides is 1. The molecule has 4 N–H and O–H groups in total. The Morgan fingerprint density at radius 2 is 1.91 bits per heavy atom. The number of nitrogen functional groups attached to an aromatic ring is 1. The zero-order chi connectivity index (χ0) is 17.2. The van der Waals surface area contributed by atoms with E-state index in [2.05, 4.69) is 10.3 Å². The first kappa shape index (κ1) is 16.8. The molecule has 0 unspecified atom stereocenters. The van der Waals surface area contributed by atoms with Gasteiger partial charge in [-0.2, -0.15) is 13.2 Å². The second kappa shape index (κ2) is 6.25. The summed E-state index contributed by atoms with van der Waals surface area (Å²) in [7, 11) is 0. The number of alkyl halides is 3. The van der Waals surface area contributed by atoms with Gasteiger partial charge in [0.25, 0.3) is 5.91 Å². The molecule has 120 valence electrons. The van der Waals surface area contributed by atoms with Crippen LogP contribution in [0.4, 0.5) is 24.5 Å². The van der Waals surface area contributed by atoms with Crippen molar-refractivity contribution < 1.29 is 18.0 Å². The molecule has 0 aliphatic heterocycles. The number of carbonyl (C=O) groups is 1. The van der Waals surface area contributed by atoms with Crippen molar-refractivity contribution in [3.05, 3.63) is 52.3 Å². The van der Waals surface area contributed by atoms with Crippen molar-refractivity contribution in [2.75, 3.05) is 11.1 Å². The fourth-order valence-electron chi connectivity index (χ4n) is 1.75. The molecule has 0 aliphatic rings. The molecule has 0 radical (unpaired) electrons. The van der Waals surface area contributed by atoms with Gasteiger partial charge in [0.2, 0.25) is 0 Å². The van der Waals surface area contributed by atoms with Gasteiger partial charge in [-0.3, -0.25) is 4.79 Å². The summed E-state index contributed by atoms with van der Waals surface area (Å²) >= 11 is 5.96. The number of pyridine rings is 1. The van der Waals surface area contributed by atoms with Crippen molar-refractivity contribution in [2.24, 2.45) is 0 Å². The van der Waals surface area contributed by atoms with E-state index in [-0.39, 0.29) is 27.7 Å². The van der Waals surface area contributed by atoms with Gasteiger partial charge in [0, 0.05) is 17.5 Å². The van der Waals surface area contributed by atoms with E-state index in [4.69, 9.17) is 22.7 Å². The average Bonchev–Trinajstić information content (AvgIpc) is 2.47. The predicted octanol–water partition coefficient (Wildman–Crippen LogP) is 3.59. The molecule has 1 heterocycles. The number of nitrogens with two attached hydrogens (primary N) is 1. The number of nitrogens with one attached hydrogen (secondary N) is 2. The number of halogens is 4. The smallest absolute Gasteiger partial charge is 0.397 e. The molecule has 2 aromatic rings. The molecule has 2 rings (SSSR count). The monoisotopic (exact) mass is 342 g/mol. The first-order chi connectivity index (χ1) is 10.7. The highest BCUT2D eigenvalue weighted by molar-refractivity contribution is 6.36. The lowest BCUT2D eigenvalue weighted by Gasteiger charge is -2.10. The standard InChI is InChI=1S/C14H10ClF3N4O/c15-11-9(5-19)10(20)6-21-12(11)13(23)22-8-3-1-7(2-4-8)14(16,17)18/h1-6,19H,20H2,(H,22,23). The summed E-state index contributed by atoms with van der Waals surface area (Å²) in [6, 6.07) is 3.92. The summed E-state index contributed by atoms with van der Waals surface area (Å²) in [6.45, 7) is 0. The maximum absolute atomic E-state index is 12.5. The Morgan fingerprint density at radius 1 is 1.30 bits per heavy atom. The molecule has 9 heteroatoms. The summed E-state index contributed by atoms with van der Waals surface area (Å²) in [6.07, 6.45) is -2.40. The lowest BCUT2D eigenvalue weighted by Crippen LogP contribution is -2.16. The van der Waals surface area contributed by atoms with Gasteiger partial charge in [0.15, 0.2) is 0 Å². The zero-order valence-electron chi connectivity index (χ0n) is 11.4. The van der Waals surface area contributed by atoms with E-state index in [9.17, 15) is 18.0 Å². The molecule has 1 aromatic heterocycles. The number of nitrogens with zero attached hydrogens (tertiary/aromatic N) is 1. The maximum atomic E-state index is 12.5. The molecule has 0 aliphatic carbocycles. The second-order valence-corrected chi connectivity index (χ2v) is 4.84. The molecule has 0 bridgehead atoms. The van der Waals surface area contributed by atoms with E-state index >= 15 is 0 Å². The number of carbonyl (C=O) groups excluding carboxylic acids is 1. The van der Waals surface area contributed by atoms with Crippen molar-refractivity contribution in [1.29, 1.82) is 5.41 Å². The predicted molar refractivity (Wildman–Crippen MR) is 80.9 cm³/mol. The van der Waals surface area contributed by atoms with Gasteiger partial charge in [-0.1, -0.05) is 11.6 Å². The fourth-order valence-corrected chi connectivity index (χ4v) is 2.05. The highest BCUT2D eigenvalue weighted by atomic mass is 35.5. The van der Waals surface area contributed by atoms with E-state index in [0.29, 0.717) is 0 Å². The Balaban J connectivity index is 2.25. The minimum atomic E-state index is -4.46. The molecule has 0 atom stereocenters. The summed E-state index contributed by atoms with van der Waals surface area (Å²) in [5, 5.41) is 9.48. The third kappa shape index (κ3) is 3.59. The summed E-state index contributed by atoms with van der Waals surface area (Å²) in [5.41, 5.74) is 4.99. The van der Waals surface area contributed by atoms with Crippen LogP contribution >= 0.6 is 11.6 Å². The van der Waals surface area contributed by atoms with Gasteiger partial charge in [-0.05, 0) is 24.3 Å². The molecule has 0 fully saturated rings. The molecule has 0 spiro atoms. The van der Waals surface area contributed by atoms with E-state index < -0.39 is 17.6 Å². The van der Waals surface area contributed by atoms with E-state index in [1.807, 2.05) is 0 Å². The molecule has 1 aromatic carbocycles. The maximum Gasteiger partial charge on any atom is 0.416 e. The van der Waals surface area contributed by atoms with Crippen LogP contribution in [0.25, 0.3) is 0 Å². The first-order valence-corrected chi connectivity index (χ1v) is 6.55. The van der Waals surface area contributed by atoms with Crippen LogP contribution < -0.4 is 11.1 Å². The average molecular weight is 343 g/mol. The van der Waals surface area contributed by atoms with Crippen molar-refractivity contribution in [3.63, 3.8) is 0 Å². The van der Waals surface area contributed by atoms with Gasteiger partial charge in [0.1, 0.15) is 5.69 Å². The van der Waals surface area contributed by atoms with Crippen LogP contribution in [0.5, 0.6) is 0 Å². The Morgan fingerprint density at radius 3 is 2.43 bits per heavy atom. The summed E-state index contributed by atoms with van der Waals surface area (Å²) < 4.78 is 37.4. The lowest BCUT2D eigenvalue weighted by molar-refractivity contribution is -0.137. The first-order valence-electron chi connectivity index (χ1n) is 6.17. The van der Waals surface area contributed by atoms with Crippen LogP contribution in [0.3, 0.4) is 0 Å². The SMILES string of the molecule is N=Cc1c(N)cnc(C(=O)Nc2ccc(C(F)(F)F)cc2)c1Cl. The van der Waals surface area contributed by atoms with Gasteiger partial charge >= 0.3 is 6.18 Å². The molecular formula is C14H10ClF3N4O. The fraction of sp³-hybridized carbons (Fsp3) is 0.0714. The minimum Gasteiger partial charge on any atom is -0.397 e. The van der Waals surface area contributed by atoms with E-state index in [1.54, 1.807) is 0 Å². The van der Waals surface area contributed by atoms with E-state index in [1.165, 1.54) is 6.20 Å². The number of benzene rings is 1. The lowest BCUT2D eigenvalue weighted by atomic mass is 10.2. The van der Waals surface area contributed by atoms with Crippen LogP contribution in [-0.2, 0) is 6.18 Å². The van der Waals surface area contributed by atoms with Crippen molar-refractivity contribution in [3.8, 4) is 0 Å². The third-order valence-corrected chi connectivity index (χ3v) is 3.30. The summed E-state index contributed by atoms with van der Waals surface area (Å²) in [4.78, 5) is 15.9. The van der Waals surface area contributed by atoms with Gasteiger partial charge in [-0.25, -0.2) is 4.98 Å². The largest absolute Gasteiger partial charge is 0.416 e. The topological polar surface area (TPSA) is 91.9 Å². The number of aromatic nitrogens is 1. The molecule has 0 saturated heterocycles. The van der Waals surface area contributed by atoms with Crippen LogP contribution in [0.15, 0.2) is 30.5 Å². The molecule has 1 amide bonds. The Bertz CT molecular complexity index is 760. The van der Waals surface area contributed by atoms with Crippen molar-refractivity contribution in [2.45, 2.75) is 6.18 Å². The molecule has 23 heavy (non-hydrogen) atoms. The van der Waals surface area contributed by atoms with Gasteiger partial charge in [0.05, 0.1) is 22.5 Å². The van der Waals surface area contributed by atoms with Crippen LogP contribution in [0.1, 0.15) is 21.6 Å². The minimum absolute atomic E-state index is 0.107. The number of hydrogen-bond acceptors (Lipinski definition) is 4.